The molecule has 0 radical (unpaired) electrons. The summed E-state index contributed by atoms with van der Waals surface area (Å²) in [6.45, 7) is 4.71. The van der Waals surface area contributed by atoms with Gasteiger partial charge in [-0.3, -0.25) is 4.79 Å². The lowest BCUT2D eigenvalue weighted by atomic mass is 10.2. The second kappa shape index (κ2) is 8.57. The molecule has 0 unspecified atom stereocenters. The van der Waals surface area contributed by atoms with E-state index in [2.05, 4.69) is 4.98 Å². The third-order valence-corrected chi connectivity index (χ3v) is 7.06. The van der Waals surface area contributed by atoms with Crippen LogP contribution in [0.2, 0.25) is 0 Å². The molecule has 0 bridgehead atoms. The average Bonchev–Trinajstić information content (AvgIpc) is 3.08. The zero-order chi connectivity index (χ0) is 22.1. The Bertz CT molecular complexity index is 1170. The summed E-state index contributed by atoms with van der Waals surface area (Å²) in [5.41, 5.74) is 3.48. The average molecular weight is 429 g/mol. The number of fused-ring (bicyclic) bond motifs is 1. The molecule has 0 N–H and O–H groups in total. The zero-order valence-corrected chi connectivity index (χ0v) is 18.9. The Morgan fingerprint density at radius 2 is 1.73 bits per heavy atom. The van der Waals surface area contributed by atoms with Crippen molar-refractivity contribution in [1.29, 1.82) is 0 Å². The van der Waals surface area contributed by atoms with Crippen LogP contribution in [0.25, 0.3) is 11.0 Å². The predicted octanol–water partition coefficient (Wildman–Crippen LogP) is 3.21. The number of hydrogen-bond donors (Lipinski definition) is 0. The SMILES string of the molecule is CCn1c(CCC(=O)N(C)c2ccc(C)cc2)nc2cc(S(=O)(=O)N(C)C)ccc21. The molecule has 0 aliphatic carbocycles. The number of anilines is 1. The van der Waals surface area contributed by atoms with Crippen molar-refractivity contribution in [3.05, 3.63) is 53.9 Å². The second-order valence-electron chi connectivity index (χ2n) is 7.50. The molecule has 0 fully saturated rings. The van der Waals surface area contributed by atoms with Gasteiger partial charge in [0.15, 0.2) is 0 Å². The monoisotopic (exact) mass is 428 g/mol. The highest BCUT2D eigenvalue weighted by molar-refractivity contribution is 7.89. The normalized spacial score (nSPS) is 11.9. The summed E-state index contributed by atoms with van der Waals surface area (Å²) >= 11 is 0. The Hall–Kier alpha value is -2.71. The first-order valence-corrected chi connectivity index (χ1v) is 11.3. The molecule has 2 aromatic carbocycles. The van der Waals surface area contributed by atoms with Crippen molar-refractivity contribution in [2.24, 2.45) is 0 Å². The number of carbonyl (C=O) groups excluding carboxylic acids is 1. The molecule has 0 spiro atoms. The van der Waals surface area contributed by atoms with E-state index in [1.54, 1.807) is 30.1 Å². The van der Waals surface area contributed by atoms with Gasteiger partial charge in [0.1, 0.15) is 5.82 Å². The number of imidazole rings is 1. The van der Waals surface area contributed by atoms with Gasteiger partial charge in [-0.2, -0.15) is 0 Å². The first kappa shape index (κ1) is 22.0. The van der Waals surface area contributed by atoms with Crippen molar-refractivity contribution < 1.29 is 13.2 Å². The minimum atomic E-state index is -3.53. The summed E-state index contributed by atoms with van der Waals surface area (Å²) in [5.74, 6) is 0.780. The van der Waals surface area contributed by atoms with E-state index in [1.807, 2.05) is 42.7 Å². The van der Waals surface area contributed by atoms with Gasteiger partial charge < -0.3 is 9.47 Å². The standard InChI is InChI=1S/C22H28N4O3S/c1-6-26-20-12-11-18(30(28,29)24(3)4)15-19(20)23-21(26)13-14-22(27)25(5)17-9-7-16(2)8-10-17/h7-12,15H,6,13-14H2,1-5H3. The number of aromatic nitrogens is 2. The van der Waals surface area contributed by atoms with Crippen molar-refractivity contribution in [3.63, 3.8) is 0 Å². The predicted molar refractivity (Wildman–Crippen MR) is 119 cm³/mol. The Morgan fingerprint density at radius 1 is 1.07 bits per heavy atom. The Labute approximate surface area is 178 Å². The molecular weight excluding hydrogens is 400 g/mol. The summed E-state index contributed by atoms with van der Waals surface area (Å²) in [4.78, 5) is 19.2. The summed E-state index contributed by atoms with van der Waals surface area (Å²) in [6.07, 6.45) is 0.796. The zero-order valence-electron chi connectivity index (χ0n) is 18.1. The maximum atomic E-state index is 12.7. The smallest absolute Gasteiger partial charge is 0.242 e. The molecule has 1 aromatic heterocycles. The van der Waals surface area contributed by atoms with Gasteiger partial charge in [0.25, 0.3) is 0 Å². The molecule has 0 atom stereocenters. The van der Waals surface area contributed by atoms with E-state index in [1.165, 1.54) is 18.4 Å². The van der Waals surface area contributed by atoms with Crippen LogP contribution in [0.1, 0.15) is 24.7 Å². The molecule has 1 amide bonds. The lowest BCUT2D eigenvalue weighted by molar-refractivity contribution is -0.118. The number of sulfonamides is 1. The largest absolute Gasteiger partial charge is 0.328 e. The first-order chi connectivity index (χ1) is 14.1. The fourth-order valence-electron chi connectivity index (χ4n) is 3.37. The summed E-state index contributed by atoms with van der Waals surface area (Å²) in [6, 6.07) is 12.8. The minimum Gasteiger partial charge on any atom is -0.328 e. The van der Waals surface area contributed by atoms with Gasteiger partial charge >= 0.3 is 0 Å². The number of carbonyl (C=O) groups is 1. The van der Waals surface area contributed by atoms with Gasteiger partial charge in [0, 0.05) is 46.2 Å². The van der Waals surface area contributed by atoms with Crippen LogP contribution in [0.4, 0.5) is 5.69 Å². The van der Waals surface area contributed by atoms with Crippen LogP contribution in [-0.2, 0) is 27.8 Å². The Balaban J connectivity index is 1.83. The van der Waals surface area contributed by atoms with Gasteiger partial charge in [0.2, 0.25) is 15.9 Å². The van der Waals surface area contributed by atoms with Crippen molar-refractivity contribution >= 4 is 32.7 Å². The lowest BCUT2D eigenvalue weighted by Crippen LogP contribution is -2.26. The van der Waals surface area contributed by atoms with Crippen LogP contribution < -0.4 is 4.90 Å². The van der Waals surface area contributed by atoms with Crippen LogP contribution in [0.3, 0.4) is 0 Å². The molecule has 1 heterocycles. The van der Waals surface area contributed by atoms with Crippen LogP contribution >= 0.6 is 0 Å². The van der Waals surface area contributed by atoms with E-state index in [0.717, 1.165) is 22.6 Å². The third-order valence-electron chi connectivity index (χ3n) is 5.25. The molecule has 30 heavy (non-hydrogen) atoms. The molecule has 0 saturated carbocycles. The van der Waals surface area contributed by atoms with Crippen LogP contribution in [0.15, 0.2) is 47.4 Å². The maximum Gasteiger partial charge on any atom is 0.242 e. The molecule has 0 aliphatic rings. The van der Waals surface area contributed by atoms with E-state index >= 15 is 0 Å². The van der Waals surface area contributed by atoms with Gasteiger partial charge in [-0.1, -0.05) is 17.7 Å². The summed E-state index contributed by atoms with van der Waals surface area (Å²) in [7, 11) is 1.26. The summed E-state index contributed by atoms with van der Waals surface area (Å²) < 4.78 is 28.1. The van der Waals surface area contributed by atoms with E-state index < -0.39 is 10.0 Å². The molecule has 3 rings (SSSR count). The molecule has 0 saturated heterocycles. The molecule has 3 aromatic rings. The second-order valence-corrected chi connectivity index (χ2v) is 9.65. The van der Waals surface area contributed by atoms with Crippen molar-refractivity contribution in [2.75, 3.05) is 26.0 Å². The fraction of sp³-hybridized carbons (Fsp3) is 0.364. The minimum absolute atomic E-state index is 0.00411. The van der Waals surface area contributed by atoms with Crippen molar-refractivity contribution in [2.45, 2.75) is 38.1 Å². The highest BCUT2D eigenvalue weighted by atomic mass is 32.2. The number of benzene rings is 2. The molecule has 8 heteroatoms. The summed E-state index contributed by atoms with van der Waals surface area (Å²) in [5, 5.41) is 0. The number of aryl methyl sites for hydroxylation is 3. The number of nitrogens with zero attached hydrogens (tertiary/aromatic N) is 4. The lowest BCUT2D eigenvalue weighted by Gasteiger charge is -2.17. The number of hydrogen-bond acceptors (Lipinski definition) is 4. The van der Waals surface area contributed by atoms with Gasteiger partial charge in [-0.25, -0.2) is 17.7 Å². The quantitative estimate of drug-likeness (QED) is 0.579. The topological polar surface area (TPSA) is 75.5 Å². The highest BCUT2D eigenvalue weighted by Crippen LogP contribution is 2.23. The molecule has 0 aliphatic heterocycles. The first-order valence-electron chi connectivity index (χ1n) is 9.90. The van der Waals surface area contributed by atoms with E-state index in [0.29, 0.717) is 24.9 Å². The molecule has 160 valence electrons. The van der Waals surface area contributed by atoms with Gasteiger partial charge in [-0.05, 0) is 44.2 Å². The van der Waals surface area contributed by atoms with E-state index in [-0.39, 0.29) is 10.8 Å². The van der Waals surface area contributed by atoms with Crippen molar-refractivity contribution in [3.8, 4) is 0 Å². The van der Waals surface area contributed by atoms with Gasteiger partial charge in [0.05, 0.1) is 15.9 Å². The maximum absolute atomic E-state index is 12.7. The van der Waals surface area contributed by atoms with Crippen molar-refractivity contribution in [1.82, 2.24) is 13.9 Å². The van der Waals surface area contributed by atoms with E-state index in [4.69, 9.17) is 0 Å². The third kappa shape index (κ3) is 4.24. The Morgan fingerprint density at radius 3 is 2.33 bits per heavy atom. The Kier molecular flexibility index (Phi) is 6.28. The molecule has 7 nitrogen and oxygen atoms in total. The number of amides is 1. The molecular formula is C22H28N4O3S. The fourth-order valence-corrected chi connectivity index (χ4v) is 4.30. The van der Waals surface area contributed by atoms with Crippen LogP contribution in [0.5, 0.6) is 0 Å². The highest BCUT2D eigenvalue weighted by Gasteiger charge is 2.20. The van der Waals surface area contributed by atoms with Crippen LogP contribution in [0, 0.1) is 6.92 Å². The number of rotatable bonds is 7. The van der Waals surface area contributed by atoms with Gasteiger partial charge in [-0.15, -0.1) is 0 Å². The van der Waals surface area contributed by atoms with Crippen LogP contribution in [-0.4, -0.2) is 49.3 Å². The van der Waals surface area contributed by atoms with E-state index in [9.17, 15) is 13.2 Å².